The summed E-state index contributed by atoms with van der Waals surface area (Å²) in [5, 5.41) is 23.1. The van der Waals surface area contributed by atoms with Gasteiger partial charge in [-0.15, -0.1) is 10.2 Å². The van der Waals surface area contributed by atoms with Crippen molar-refractivity contribution in [3.8, 4) is 5.88 Å². The van der Waals surface area contributed by atoms with E-state index in [1.54, 1.807) is 26.0 Å². The van der Waals surface area contributed by atoms with E-state index in [0.717, 1.165) is 0 Å². The summed E-state index contributed by atoms with van der Waals surface area (Å²) in [6.07, 6.45) is 0. The third kappa shape index (κ3) is 3.48. The molecule has 2 rings (SSSR count). The highest BCUT2D eigenvalue weighted by atomic mass is 32.1. The highest BCUT2D eigenvalue weighted by molar-refractivity contribution is 7.80. The Hall–Kier alpha value is -2.88. The van der Waals surface area contributed by atoms with Crippen LogP contribution in [0.5, 0.6) is 5.88 Å². The first kappa shape index (κ1) is 16.5. The molecule has 120 valence electrons. The minimum atomic E-state index is -0.525. The molecular weight excluding hydrogens is 320 g/mol. The van der Waals surface area contributed by atoms with Gasteiger partial charge < -0.3 is 10.5 Å². The van der Waals surface area contributed by atoms with Gasteiger partial charge in [0.1, 0.15) is 0 Å². The van der Waals surface area contributed by atoms with Crippen molar-refractivity contribution in [2.75, 3.05) is 6.61 Å². The molecule has 10 heteroatoms. The molecule has 0 fully saturated rings. The fourth-order valence-electron chi connectivity index (χ4n) is 1.84. The molecule has 0 atom stereocenters. The first-order valence-corrected chi connectivity index (χ1v) is 7.04. The smallest absolute Gasteiger partial charge is 0.296 e. The SMILES string of the molecule is CCOc1c(N=Nc2ccccc2[N+](=O)[O-])c(C)nn1C(N)=S. The maximum Gasteiger partial charge on any atom is 0.296 e. The van der Waals surface area contributed by atoms with Crippen LogP contribution in [0.15, 0.2) is 34.5 Å². The minimum absolute atomic E-state index is 0.00342. The number of rotatable bonds is 5. The van der Waals surface area contributed by atoms with E-state index in [1.807, 2.05) is 0 Å². The van der Waals surface area contributed by atoms with Crippen molar-refractivity contribution in [3.63, 3.8) is 0 Å². The Kier molecular flexibility index (Phi) is 4.96. The van der Waals surface area contributed by atoms with Crippen molar-refractivity contribution >= 4 is 34.4 Å². The molecule has 2 aromatic rings. The number of hydrogen-bond donors (Lipinski definition) is 1. The molecule has 1 heterocycles. The summed E-state index contributed by atoms with van der Waals surface area (Å²) in [5.74, 6) is 0.250. The predicted octanol–water partition coefficient (Wildman–Crippen LogP) is 3.01. The lowest BCUT2D eigenvalue weighted by atomic mass is 10.3. The number of nitro groups is 1. The van der Waals surface area contributed by atoms with Crippen molar-refractivity contribution in [2.24, 2.45) is 16.0 Å². The normalized spacial score (nSPS) is 10.9. The van der Waals surface area contributed by atoms with Gasteiger partial charge >= 0.3 is 0 Å². The lowest BCUT2D eigenvalue weighted by Gasteiger charge is -2.05. The monoisotopic (exact) mass is 334 g/mol. The van der Waals surface area contributed by atoms with Gasteiger partial charge in [-0.25, -0.2) is 0 Å². The van der Waals surface area contributed by atoms with Gasteiger partial charge in [-0.1, -0.05) is 12.1 Å². The number of aryl methyl sites for hydroxylation is 1. The molecule has 0 aliphatic heterocycles. The molecule has 2 N–H and O–H groups in total. The molecule has 9 nitrogen and oxygen atoms in total. The van der Waals surface area contributed by atoms with E-state index < -0.39 is 4.92 Å². The summed E-state index contributed by atoms with van der Waals surface area (Å²) in [7, 11) is 0. The summed E-state index contributed by atoms with van der Waals surface area (Å²) < 4.78 is 6.70. The lowest BCUT2D eigenvalue weighted by Crippen LogP contribution is -2.21. The number of thiocarbonyl (C=S) groups is 1. The first-order chi connectivity index (χ1) is 11.0. The molecule has 0 saturated carbocycles. The molecule has 0 aliphatic carbocycles. The second kappa shape index (κ2) is 6.92. The fourth-order valence-corrected chi connectivity index (χ4v) is 1.96. The van der Waals surface area contributed by atoms with Crippen LogP contribution >= 0.6 is 12.2 Å². The second-order valence-corrected chi connectivity index (χ2v) is 4.79. The minimum Gasteiger partial charge on any atom is -0.476 e. The third-order valence-electron chi connectivity index (χ3n) is 2.81. The Bertz CT molecular complexity index is 786. The zero-order valence-electron chi connectivity index (χ0n) is 12.5. The number of para-hydroxylation sites is 1. The summed E-state index contributed by atoms with van der Waals surface area (Å²) >= 11 is 4.91. The van der Waals surface area contributed by atoms with Crippen LogP contribution in [0.4, 0.5) is 17.1 Å². The zero-order chi connectivity index (χ0) is 17.0. The van der Waals surface area contributed by atoms with Crippen molar-refractivity contribution in [2.45, 2.75) is 13.8 Å². The highest BCUT2D eigenvalue weighted by Crippen LogP contribution is 2.34. The van der Waals surface area contributed by atoms with Crippen molar-refractivity contribution in [1.82, 2.24) is 9.78 Å². The third-order valence-corrected chi connectivity index (χ3v) is 2.99. The van der Waals surface area contributed by atoms with Crippen LogP contribution in [-0.4, -0.2) is 26.4 Å². The number of hydrogen-bond acceptors (Lipinski definition) is 7. The molecule has 1 aromatic carbocycles. The number of benzene rings is 1. The highest BCUT2D eigenvalue weighted by Gasteiger charge is 2.19. The van der Waals surface area contributed by atoms with E-state index in [2.05, 4.69) is 15.3 Å². The second-order valence-electron chi connectivity index (χ2n) is 4.37. The van der Waals surface area contributed by atoms with Crippen LogP contribution in [0.2, 0.25) is 0 Å². The molecule has 0 aliphatic rings. The quantitative estimate of drug-likeness (QED) is 0.388. The van der Waals surface area contributed by atoms with E-state index in [-0.39, 0.29) is 22.4 Å². The standard InChI is InChI=1S/C13H14N6O3S/c1-3-22-12-11(8(2)17-18(12)13(14)23)16-15-9-6-4-5-7-10(9)19(20)21/h4-7H,3H2,1-2H3,(H2,14,23). The summed E-state index contributed by atoms with van der Waals surface area (Å²) in [6, 6.07) is 6.04. The van der Waals surface area contributed by atoms with Gasteiger partial charge in [0, 0.05) is 6.07 Å². The molecule has 0 saturated heterocycles. The van der Waals surface area contributed by atoms with Gasteiger partial charge in [0.05, 0.1) is 17.2 Å². The lowest BCUT2D eigenvalue weighted by molar-refractivity contribution is -0.384. The number of aromatic nitrogens is 2. The molecule has 0 amide bonds. The van der Waals surface area contributed by atoms with Crippen LogP contribution in [0.3, 0.4) is 0 Å². The average molecular weight is 334 g/mol. The topological polar surface area (TPSA) is 121 Å². The van der Waals surface area contributed by atoms with E-state index in [1.165, 1.54) is 16.8 Å². The van der Waals surface area contributed by atoms with Gasteiger partial charge in [0.2, 0.25) is 5.88 Å². The Morgan fingerprint density at radius 1 is 1.48 bits per heavy atom. The average Bonchev–Trinajstić information content (AvgIpc) is 2.82. The number of nitrogens with two attached hydrogens (primary N) is 1. The van der Waals surface area contributed by atoms with Crippen molar-refractivity contribution in [3.05, 3.63) is 40.1 Å². The van der Waals surface area contributed by atoms with E-state index in [9.17, 15) is 10.1 Å². The molecule has 1 aromatic heterocycles. The Labute approximate surface area is 136 Å². The maximum absolute atomic E-state index is 11.0. The van der Waals surface area contributed by atoms with Crippen LogP contribution in [0, 0.1) is 17.0 Å². The Morgan fingerprint density at radius 3 is 2.78 bits per heavy atom. The molecular formula is C13H14N6O3S. The summed E-state index contributed by atoms with van der Waals surface area (Å²) in [4.78, 5) is 10.5. The molecule has 0 radical (unpaired) electrons. The molecule has 23 heavy (non-hydrogen) atoms. The van der Waals surface area contributed by atoms with E-state index >= 15 is 0 Å². The van der Waals surface area contributed by atoms with Crippen LogP contribution in [0.1, 0.15) is 12.6 Å². The largest absolute Gasteiger partial charge is 0.476 e. The Morgan fingerprint density at radius 2 is 2.17 bits per heavy atom. The maximum atomic E-state index is 11.0. The van der Waals surface area contributed by atoms with Crippen LogP contribution < -0.4 is 10.5 Å². The van der Waals surface area contributed by atoms with E-state index in [0.29, 0.717) is 18.0 Å². The summed E-state index contributed by atoms with van der Waals surface area (Å²) in [5.41, 5.74) is 6.38. The molecule has 0 bridgehead atoms. The van der Waals surface area contributed by atoms with Gasteiger partial charge in [0.15, 0.2) is 16.5 Å². The Balaban J connectivity index is 2.48. The van der Waals surface area contributed by atoms with E-state index in [4.69, 9.17) is 22.7 Å². The van der Waals surface area contributed by atoms with Crippen molar-refractivity contribution in [1.29, 1.82) is 0 Å². The predicted molar refractivity (Wildman–Crippen MR) is 87.6 cm³/mol. The van der Waals surface area contributed by atoms with Crippen LogP contribution in [0.25, 0.3) is 0 Å². The van der Waals surface area contributed by atoms with Crippen LogP contribution in [-0.2, 0) is 0 Å². The first-order valence-electron chi connectivity index (χ1n) is 6.63. The van der Waals surface area contributed by atoms with Crippen molar-refractivity contribution < 1.29 is 9.66 Å². The number of nitrogens with zero attached hydrogens (tertiary/aromatic N) is 5. The number of ether oxygens (including phenoxy) is 1. The zero-order valence-corrected chi connectivity index (χ0v) is 13.3. The molecule has 0 spiro atoms. The molecule has 0 unspecified atom stereocenters. The van der Waals surface area contributed by atoms with Gasteiger partial charge in [0.25, 0.3) is 5.69 Å². The fraction of sp³-hybridized carbons (Fsp3) is 0.231. The number of nitro benzene ring substituents is 1. The summed E-state index contributed by atoms with van der Waals surface area (Å²) in [6.45, 7) is 3.82. The number of azo groups is 1. The van der Waals surface area contributed by atoms with Gasteiger partial charge in [-0.2, -0.15) is 9.78 Å². The van der Waals surface area contributed by atoms with Gasteiger partial charge in [-0.3, -0.25) is 10.1 Å². The van der Waals surface area contributed by atoms with Gasteiger partial charge in [-0.05, 0) is 32.1 Å².